The topological polar surface area (TPSA) is 76.4 Å². The first kappa shape index (κ1) is 23.3. The normalized spacial score (nSPS) is 12.6. The third-order valence-corrected chi connectivity index (χ3v) is 4.84. The van der Waals surface area contributed by atoms with E-state index < -0.39 is 23.8 Å². The first-order chi connectivity index (χ1) is 15.1. The number of alkyl halides is 3. The van der Waals surface area contributed by atoms with Gasteiger partial charge in [0.1, 0.15) is 11.4 Å². The molecule has 0 aliphatic heterocycles. The van der Waals surface area contributed by atoms with Crippen molar-refractivity contribution in [2.24, 2.45) is 0 Å². The molecule has 0 spiro atoms. The molecule has 0 saturated carbocycles. The van der Waals surface area contributed by atoms with Crippen molar-refractivity contribution in [2.45, 2.75) is 38.8 Å². The Morgan fingerprint density at radius 1 is 1.12 bits per heavy atom. The van der Waals surface area contributed by atoms with Crippen LogP contribution in [0.3, 0.4) is 0 Å². The fraction of sp³-hybridized carbons (Fsp3) is 0.304. The highest BCUT2D eigenvalue weighted by Gasteiger charge is 2.30. The van der Waals surface area contributed by atoms with Crippen molar-refractivity contribution in [2.75, 3.05) is 6.54 Å². The number of benzene rings is 2. The van der Waals surface area contributed by atoms with Gasteiger partial charge in [0.2, 0.25) is 0 Å². The minimum atomic E-state index is -4.46. The SMILES string of the molecule is CC(C)c1ccc(C(O)CNC(=O)c2ccn(COc3cccc(C(F)(F)F)c3)n2)cc1. The minimum Gasteiger partial charge on any atom is -0.471 e. The van der Waals surface area contributed by atoms with Gasteiger partial charge in [0.25, 0.3) is 5.91 Å². The van der Waals surface area contributed by atoms with E-state index in [2.05, 4.69) is 24.3 Å². The summed E-state index contributed by atoms with van der Waals surface area (Å²) in [5.74, 6) is -0.0674. The average Bonchev–Trinajstić information content (AvgIpc) is 3.25. The molecule has 0 aliphatic rings. The van der Waals surface area contributed by atoms with Crippen LogP contribution in [-0.2, 0) is 12.9 Å². The summed E-state index contributed by atoms with van der Waals surface area (Å²) in [6.45, 7) is 4.00. The highest BCUT2D eigenvalue weighted by Crippen LogP contribution is 2.31. The van der Waals surface area contributed by atoms with Gasteiger partial charge in [-0.3, -0.25) is 4.79 Å². The van der Waals surface area contributed by atoms with E-state index >= 15 is 0 Å². The maximum absolute atomic E-state index is 12.8. The average molecular weight is 447 g/mol. The lowest BCUT2D eigenvalue weighted by atomic mass is 10.00. The third-order valence-electron chi connectivity index (χ3n) is 4.84. The second kappa shape index (κ2) is 9.86. The summed E-state index contributed by atoms with van der Waals surface area (Å²) < 4.78 is 44.9. The molecule has 0 aliphatic carbocycles. The Balaban J connectivity index is 1.52. The number of amides is 1. The molecular formula is C23H24F3N3O3. The lowest BCUT2D eigenvalue weighted by Crippen LogP contribution is -2.28. The number of carbonyl (C=O) groups excluding carboxylic acids is 1. The van der Waals surface area contributed by atoms with Gasteiger partial charge in [-0.15, -0.1) is 0 Å². The molecule has 3 aromatic rings. The van der Waals surface area contributed by atoms with Gasteiger partial charge < -0.3 is 15.2 Å². The lowest BCUT2D eigenvalue weighted by Gasteiger charge is -2.13. The van der Waals surface area contributed by atoms with Gasteiger partial charge in [0.15, 0.2) is 6.73 Å². The number of carbonyl (C=O) groups is 1. The minimum absolute atomic E-state index is 0.00739. The highest BCUT2D eigenvalue weighted by molar-refractivity contribution is 5.92. The van der Waals surface area contributed by atoms with E-state index in [9.17, 15) is 23.1 Å². The van der Waals surface area contributed by atoms with Crippen LogP contribution < -0.4 is 10.1 Å². The number of nitrogens with zero attached hydrogens (tertiary/aromatic N) is 2. The number of ether oxygens (including phenoxy) is 1. The Hall–Kier alpha value is -3.33. The van der Waals surface area contributed by atoms with Crippen LogP contribution in [0.4, 0.5) is 13.2 Å². The predicted octanol–water partition coefficient (Wildman–Crippen LogP) is 4.53. The molecule has 2 aromatic carbocycles. The summed E-state index contributed by atoms with van der Waals surface area (Å²) in [4.78, 5) is 12.3. The van der Waals surface area contributed by atoms with Crippen LogP contribution >= 0.6 is 0 Å². The van der Waals surface area contributed by atoms with Crippen LogP contribution in [0.2, 0.25) is 0 Å². The zero-order valence-corrected chi connectivity index (χ0v) is 17.6. The van der Waals surface area contributed by atoms with Crippen LogP contribution in [0.1, 0.15) is 53.0 Å². The molecular weight excluding hydrogens is 423 g/mol. The number of halogens is 3. The number of hydrogen-bond donors (Lipinski definition) is 2. The molecule has 0 saturated heterocycles. The van der Waals surface area contributed by atoms with Gasteiger partial charge in [0, 0.05) is 12.7 Å². The van der Waals surface area contributed by atoms with Gasteiger partial charge in [-0.1, -0.05) is 44.2 Å². The summed E-state index contributed by atoms with van der Waals surface area (Å²) >= 11 is 0. The molecule has 0 radical (unpaired) electrons. The van der Waals surface area contributed by atoms with Crippen molar-refractivity contribution in [3.63, 3.8) is 0 Å². The molecule has 1 atom stereocenters. The largest absolute Gasteiger partial charge is 0.471 e. The summed E-state index contributed by atoms with van der Waals surface area (Å²) in [5, 5.41) is 17.0. The van der Waals surface area contributed by atoms with Crippen LogP contribution in [0.25, 0.3) is 0 Å². The van der Waals surface area contributed by atoms with Crippen molar-refractivity contribution >= 4 is 5.91 Å². The maximum atomic E-state index is 12.8. The number of rotatable bonds is 8. The smallest absolute Gasteiger partial charge is 0.416 e. The Morgan fingerprint density at radius 2 is 1.81 bits per heavy atom. The summed E-state index contributed by atoms with van der Waals surface area (Å²) in [5.41, 5.74) is 1.13. The van der Waals surface area contributed by atoms with Crippen molar-refractivity contribution in [3.8, 4) is 5.75 Å². The fourth-order valence-electron chi connectivity index (χ4n) is 2.96. The molecule has 1 amide bonds. The van der Waals surface area contributed by atoms with Crippen molar-refractivity contribution < 1.29 is 27.8 Å². The van der Waals surface area contributed by atoms with E-state index in [-0.39, 0.29) is 24.7 Å². The quantitative estimate of drug-likeness (QED) is 0.532. The van der Waals surface area contributed by atoms with E-state index in [1.54, 1.807) is 0 Å². The van der Waals surface area contributed by atoms with Gasteiger partial charge in [0.05, 0.1) is 11.7 Å². The first-order valence-electron chi connectivity index (χ1n) is 10.0. The van der Waals surface area contributed by atoms with Gasteiger partial charge in [-0.2, -0.15) is 18.3 Å². The molecule has 0 bridgehead atoms. The Bertz CT molecular complexity index is 1050. The van der Waals surface area contributed by atoms with E-state index in [1.807, 2.05) is 24.3 Å². The van der Waals surface area contributed by atoms with Gasteiger partial charge in [-0.25, -0.2) is 4.68 Å². The summed E-state index contributed by atoms with van der Waals surface area (Å²) in [6, 6.07) is 13.5. The Morgan fingerprint density at radius 3 is 2.47 bits per heavy atom. The zero-order chi connectivity index (χ0) is 23.3. The highest BCUT2D eigenvalue weighted by atomic mass is 19.4. The van der Waals surface area contributed by atoms with Crippen molar-refractivity contribution in [3.05, 3.63) is 83.2 Å². The molecule has 2 N–H and O–H groups in total. The number of aliphatic hydroxyl groups excluding tert-OH is 1. The molecule has 170 valence electrons. The van der Waals surface area contributed by atoms with Gasteiger partial charge >= 0.3 is 6.18 Å². The van der Waals surface area contributed by atoms with Crippen molar-refractivity contribution in [1.29, 1.82) is 0 Å². The zero-order valence-electron chi connectivity index (χ0n) is 17.6. The molecule has 1 unspecified atom stereocenters. The molecule has 9 heteroatoms. The first-order valence-corrected chi connectivity index (χ1v) is 10.0. The van der Waals surface area contributed by atoms with Crippen molar-refractivity contribution in [1.82, 2.24) is 15.1 Å². The molecule has 6 nitrogen and oxygen atoms in total. The number of aromatic nitrogens is 2. The summed E-state index contributed by atoms with van der Waals surface area (Å²) in [6.07, 6.45) is -3.85. The van der Waals surface area contributed by atoms with E-state index in [0.717, 1.165) is 17.7 Å². The van der Waals surface area contributed by atoms with Crippen LogP contribution in [0.15, 0.2) is 60.8 Å². The molecule has 1 heterocycles. The lowest BCUT2D eigenvalue weighted by molar-refractivity contribution is -0.137. The Labute approximate surface area is 183 Å². The maximum Gasteiger partial charge on any atom is 0.416 e. The summed E-state index contributed by atoms with van der Waals surface area (Å²) in [7, 11) is 0. The van der Waals surface area contributed by atoms with Crippen LogP contribution in [0.5, 0.6) is 5.75 Å². The monoisotopic (exact) mass is 447 g/mol. The van der Waals surface area contributed by atoms with Crippen LogP contribution in [0, 0.1) is 0 Å². The molecule has 3 rings (SSSR count). The number of hydrogen-bond acceptors (Lipinski definition) is 4. The number of nitrogens with one attached hydrogen (secondary N) is 1. The van der Waals surface area contributed by atoms with E-state index in [1.165, 1.54) is 29.1 Å². The second-order valence-corrected chi connectivity index (χ2v) is 7.59. The van der Waals surface area contributed by atoms with E-state index in [4.69, 9.17) is 4.74 Å². The molecule has 32 heavy (non-hydrogen) atoms. The standard InChI is InChI=1S/C23H24F3N3O3/c1-15(2)16-6-8-17(9-7-16)21(30)13-27-22(31)20-10-11-29(28-20)14-32-19-5-3-4-18(12-19)23(24,25)26/h3-12,15,21,30H,13-14H2,1-2H3,(H,27,31). The fourth-order valence-corrected chi connectivity index (χ4v) is 2.96. The van der Waals surface area contributed by atoms with Crippen LogP contribution in [-0.4, -0.2) is 27.3 Å². The molecule has 1 aromatic heterocycles. The van der Waals surface area contributed by atoms with E-state index in [0.29, 0.717) is 11.5 Å². The second-order valence-electron chi connectivity index (χ2n) is 7.59. The number of aliphatic hydroxyl groups is 1. The third kappa shape index (κ3) is 6.10. The predicted molar refractivity (Wildman–Crippen MR) is 112 cm³/mol. The van der Waals surface area contributed by atoms with Gasteiger partial charge in [-0.05, 0) is 41.3 Å². The molecule has 0 fully saturated rings. The Kier molecular flexibility index (Phi) is 7.19.